The normalized spacial score (nSPS) is 20.4. The van der Waals surface area contributed by atoms with E-state index in [1.807, 2.05) is 0 Å². The SMILES string of the molecule is ICCCCCCNCCCC1CCCO1. The third-order valence-corrected chi connectivity index (χ3v) is 3.90. The number of hydrogen-bond acceptors (Lipinski definition) is 2. The van der Waals surface area contributed by atoms with Crippen LogP contribution in [0.25, 0.3) is 0 Å². The number of unbranched alkanes of at least 4 members (excludes halogenated alkanes) is 3. The molecule has 0 spiro atoms. The van der Waals surface area contributed by atoms with E-state index in [1.54, 1.807) is 0 Å². The molecule has 1 aliphatic heterocycles. The lowest BCUT2D eigenvalue weighted by molar-refractivity contribution is 0.102. The van der Waals surface area contributed by atoms with Crippen molar-refractivity contribution >= 4 is 22.6 Å². The minimum Gasteiger partial charge on any atom is -0.378 e. The Balaban J connectivity index is 1.71. The molecule has 1 aliphatic rings. The van der Waals surface area contributed by atoms with Gasteiger partial charge in [-0.25, -0.2) is 0 Å². The molecule has 0 amide bonds. The zero-order valence-electron chi connectivity index (χ0n) is 10.3. The fourth-order valence-electron chi connectivity index (χ4n) is 2.15. The van der Waals surface area contributed by atoms with E-state index in [0.29, 0.717) is 6.10 Å². The lowest BCUT2D eigenvalue weighted by atomic mass is 10.1. The van der Waals surface area contributed by atoms with E-state index in [2.05, 4.69) is 27.9 Å². The van der Waals surface area contributed by atoms with Crippen molar-refractivity contribution in [3.8, 4) is 0 Å². The first-order chi connectivity index (χ1) is 7.93. The number of hydrogen-bond donors (Lipinski definition) is 1. The molecule has 0 aliphatic carbocycles. The molecule has 1 N–H and O–H groups in total. The van der Waals surface area contributed by atoms with E-state index in [4.69, 9.17) is 4.74 Å². The Labute approximate surface area is 114 Å². The fraction of sp³-hybridized carbons (Fsp3) is 1.00. The Bertz CT molecular complexity index is 149. The van der Waals surface area contributed by atoms with E-state index in [9.17, 15) is 0 Å². The van der Waals surface area contributed by atoms with Crippen molar-refractivity contribution in [2.24, 2.45) is 0 Å². The fourth-order valence-corrected chi connectivity index (χ4v) is 2.69. The summed E-state index contributed by atoms with van der Waals surface area (Å²) in [6, 6.07) is 0. The van der Waals surface area contributed by atoms with Gasteiger partial charge in [-0.15, -0.1) is 0 Å². The maximum atomic E-state index is 5.60. The van der Waals surface area contributed by atoms with Crippen molar-refractivity contribution in [2.45, 2.75) is 57.5 Å². The highest BCUT2D eigenvalue weighted by molar-refractivity contribution is 14.1. The van der Waals surface area contributed by atoms with Gasteiger partial charge in [-0.2, -0.15) is 0 Å². The highest BCUT2D eigenvalue weighted by Crippen LogP contribution is 2.16. The van der Waals surface area contributed by atoms with Crippen LogP contribution in [0.3, 0.4) is 0 Å². The van der Waals surface area contributed by atoms with Gasteiger partial charge in [0.25, 0.3) is 0 Å². The van der Waals surface area contributed by atoms with Gasteiger partial charge in [-0.3, -0.25) is 0 Å². The minimum absolute atomic E-state index is 0.574. The van der Waals surface area contributed by atoms with Gasteiger partial charge in [0.05, 0.1) is 6.10 Å². The zero-order valence-corrected chi connectivity index (χ0v) is 12.5. The maximum Gasteiger partial charge on any atom is 0.0576 e. The molecule has 1 saturated heterocycles. The third kappa shape index (κ3) is 7.85. The van der Waals surface area contributed by atoms with E-state index in [0.717, 1.165) is 6.61 Å². The minimum atomic E-state index is 0.574. The summed E-state index contributed by atoms with van der Waals surface area (Å²) in [7, 11) is 0. The zero-order chi connectivity index (χ0) is 11.5. The molecule has 2 nitrogen and oxygen atoms in total. The van der Waals surface area contributed by atoms with Crippen molar-refractivity contribution in [1.82, 2.24) is 5.32 Å². The summed E-state index contributed by atoms with van der Waals surface area (Å²) in [5.41, 5.74) is 0. The molecule has 0 saturated carbocycles. The van der Waals surface area contributed by atoms with Gasteiger partial charge < -0.3 is 10.1 Å². The van der Waals surface area contributed by atoms with Crippen LogP contribution in [0, 0.1) is 0 Å². The molecule has 0 bridgehead atoms. The smallest absolute Gasteiger partial charge is 0.0576 e. The van der Waals surface area contributed by atoms with Crippen LogP contribution < -0.4 is 5.32 Å². The van der Waals surface area contributed by atoms with Gasteiger partial charge in [-0.05, 0) is 56.0 Å². The number of halogens is 1. The lowest BCUT2D eigenvalue weighted by Crippen LogP contribution is -2.18. The predicted octanol–water partition coefficient (Wildman–Crippen LogP) is 3.53. The first-order valence-electron chi connectivity index (χ1n) is 6.82. The van der Waals surface area contributed by atoms with Gasteiger partial charge >= 0.3 is 0 Å². The Morgan fingerprint density at radius 3 is 2.62 bits per heavy atom. The first-order valence-corrected chi connectivity index (χ1v) is 8.34. The van der Waals surface area contributed by atoms with Crippen LogP contribution in [0.4, 0.5) is 0 Å². The van der Waals surface area contributed by atoms with Crippen LogP contribution in [0.2, 0.25) is 0 Å². The molecule has 96 valence electrons. The van der Waals surface area contributed by atoms with Crippen LogP contribution in [0.15, 0.2) is 0 Å². The van der Waals surface area contributed by atoms with E-state index >= 15 is 0 Å². The topological polar surface area (TPSA) is 21.3 Å². The van der Waals surface area contributed by atoms with Gasteiger partial charge in [-0.1, -0.05) is 35.4 Å². The van der Waals surface area contributed by atoms with Crippen molar-refractivity contribution < 1.29 is 4.74 Å². The van der Waals surface area contributed by atoms with Crippen LogP contribution in [-0.4, -0.2) is 30.2 Å². The van der Waals surface area contributed by atoms with E-state index < -0.39 is 0 Å². The van der Waals surface area contributed by atoms with Gasteiger partial charge in [0.15, 0.2) is 0 Å². The number of rotatable bonds is 10. The molecular weight excluding hydrogens is 313 g/mol. The summed E-state index contributed by atoms with van der Waals surface area (Å²) in [4.78, 5) is 0. The molecular formula is C13H26INO. The molecule has 0 radical (unpaired) electrons. The number of alkyl halides is 1. The average Bonchev–Trinajstić information content (AvgIpc) is 2.80. The van der Waals surface area contributed by atoms with Crippen LogP contribution in [-0.2, 0) is 4.74 Å². The standard InChI is InChI=1S/C13H26INO/c14-9-3-1-2-4-10-15-11-5-7-13-8-6-12-16-13/h13,15H,1-12H2. The Kier molecular flexibility index (Phi) is 9.91. The van der Waals surface area contributed by atoms with E-state index in [-0.39, 0.29) is 0 Å². The van der Waals surface area contributed by atoms with Crippen molar-refractivity contribution in [2.75, 3.05) is 24.1 Å². The molecule has 0 aromatic carbocycles. The van der Waals surface area contributed by atoms with E-state index in [1.165, 1.54) is 68.9 Å². The molecule has 1 heterocycles. The second-order valence-corrected chi connectivity index (χ2v) is 5.71. The highest BCUT2D eigenvalue weighted by Gasteiger charge is 2.13. The first kappa shape index (κ1) is 14.7. The highest BCUT2D eigenvalue weighted by atomic mass is 127. The summed E-state index contributed by atoms with van der Waals surface area (Å²) in [5.74, 6) is 0. The van der Waals surface area contributed by atoms with Gasteiger partial charge in [0, 0.05) is 6.61 Å². The Morgan fingerprint density at radius 1 is 1.06 bits per heavy atom. The van der Waals surface area contributed by atoms with Gasteiger partial charge in [0.1, 0.15) is 0 Å². The summed E-state index contributed by atoms with van der Waals surface area (Å²) >= 11 is 2.46. The molecule has 3 heteroatoms. The summed E-state index contributed by atoms with van der Waals surface area (Å²) < 4.78 is 6.91. The summed E-state index contributed by atoms with van der Waals surface area (Å²) in [5, 5.41) is 3.53. The second kappa shape index (κ2) is 10.8. The largest absolute Gasteiger partial charge is 0.378 e. The Morgan fingerprint density at radius 2 is 1.88 bits per heavy atom. The molecule has 0 aromatic heterocycles. The van der Waals surface area contributed by atoms with Gasteiger partial charge in [0.2, 0.25) is 0 Å². The molecule has 1 unspecified atom stereocenters. The maximum absolute atomic E-state index is 5.60. The number of ether oxygens (including phenoxy) is 1. The van der Waals surface area contributed by atoms with Crippen LogP contribution in [0.5, 0.6) is 0 Å². The van der Waals surface area contributed by atoms with Crippen LogP contribution >= 0.6 is 22.6 Å². The second-order valence-electron chi connectivity index (χ2n) is 4.63. The number of nitrogens with one attached hydrogen (secondary N) is 1. The molecule has 0 aromatic rings. The lowest BCUT2D eigenvalue weighted by Gasteiger charge is -2.09. The van der Waals surface area contributed by atoms with Crippen LogP contribution in [0.1, 0.15) is 51.4 Å². The van der Waals surface area contributed by atoms with Crippen molar-refractivity contribution in [1.29, 1.82) is 0 Å². The monoisotopic (exact) mass is 339 g/mol. The van der Waals surface area contributed by atoms with Crippen molar-refractivity contribution in [3.05, 3.63) is 0 Å². The quantitative estimate of drug-likeness (QED) is 0.373. The molecule has 16 heavy (non-hydrogen) atoms. The predicted molar refractivity (Wildman–Crippen MR) is 78.4 cm³/mol. The van der Waals surface area contributed by atoms with Crippen molar-refractivity contribution in [3.63, 3.8) is 0 Å². The molecule has 1 atom stereocenters. The Hall–Kier alpha value is 0.650. The average molecular weight is 339 g/mol. The third-order valence-electron chi connectivity index (χ3n) is 3.14. The summed E-state index contributed by atoms with van der Waals surface area (Å²) in [6.07, 6.45) is 11.2. The molecule has 1 rings (SSSR count). The molecule has 1 fully saturated rings. The summed E-state index contributed by atoms with van der Waals surface area (Å²) in [6.45, 7) is 3.37.